The molecule has 0 unspecified atom stereocenters. The molecule has 0 aromatic carbocycles. The van der Waals surface area contributed by atoms with Gasteiger partial charge in [0.15, 0.2) is 0 Å². The molecule has 0 saturated heterocycles. The average molecular weight is 260 g/mol. The zero-order valence-corrected chi connectivity index (χ0v) is 11.7. The molecule has 1 rings (SSSR count). The van der Waals surface area contributed by atoms with Gasteiger partial charge in [0.25, 0.3) is 5.91 Å². The summed E-state index contributed by atoms with van der Waals surface area (Å²) in [4.78, 5) is 18.3. The molecule has 0 aliphatic carbocycles. The summed E-state index contributed by atoms with van der Waals surface area (Å²) in [7, 11) is 0. The molecule has 0 radical (unpaired) electrons. The molecule has 0 spiro atoms. The first kappa shape index (κ1) is 15.0. The number of anilines is 1. The van der Waals surface area contributed by atoms with Crippen LogP contribution in [-0.4, -0.2) is 34.9 Å². The first-order valence-corrected chi connectivity index (χ1v) is 6.49. The van der Waals surface area contributed by atoms with E-state index in [0.717, 1.165) is 6.54 Å². The van der Waals surface area contributed by atoms with E-state index in [2.05, 4.69) is 16.4 Å². The van der Waals surface area contributed by atoms with Gasteiger partial charge in [-0.3, -0.25) is 4.79 Å². The quantitative estimate of drug-likeness (QED) is 0.852. The first-order valence-electron chi connectivity index (χ1n) is 6.49. The summed E-state index contributed by atoms with van der Waals surface area (Å²) in [6.07, 6.45) is 0.330. The van der Waals surface area contributed by atoms with Crippen LogP contribution >= 0.6 is 0 Å². The van der Waals surface area contributed by atoms with Crippen LogP contribution in [0.25, 0.3) is 0 Å². The lowest BCUT2D eigenvalue weighted by atomic mass is 10.2. The van der Waals surface area contributed by atoms with Crippen LogP contribution in [0.2, 0.25) is 0 Å². The molecule has 5 heteroatoms. The van der Waals surface area contributed by atoms with E-state index >= 15 is 0 Å². The van der Waals surface area contributed by atoms with Crippen molar-refractivity contribution >= 4 is 11.7 Å². The highest BCUT2D eigenvalue weighted by Gasteiger charge is 2.19. The fourth-order valence-corrected chi connectivity index (χ4v) is 1.75. The van der Waals surface area contributed by atoms with Crippen molar-refractivity contribution in [2.75, 3.05) is 18.4 Å². The first-order chi connectivity index (χ1) is 9.10. The summed E-state index contributed by atoms with van der Waals surface area (Å²) in [5, 5.41) is 11.7. The van der Waals surface area contributed by atoms with Crippen molar-refractivity contribution in [3.05, 3.63) is 23.9 Å². The molecule has 0 fully saturated rings. The molecule has 0 atom stereocenters. The van der Waals surface area contributed by atoms with Gasteiger partial charge in [-0.1, -0.05) is 6.07 Å². The fourth-order valence-electron chi connectivity index (χ4n) is 1.75. The molecule has 0 aliphatic rings. The van der Waals surface area contributed by atoms with Crippen LogP contribution in [0.1, 0.15) is 37.7 Å². The van der Waals surface area contributed by atoms with E-state index in [1.165, 1.54) is 0 Å². The van der Waals surface area contributed by atoms with Crippen molar-refractivity contribution in [1.29, 1.82) is 5.26 Å². The van der Waals surface area contributed by atoms with Crippen molar-refractivity contribution in [3.63, 3.8) is 0 Å². The summed E-state index contributed by atoms with van der Waals surface area (Å²) >= 11 is 0. The molecule has 1 aromatic heterocycles. The summed E-state index contributed by atoms with van der Waals surface area (Å²) in [6.45, 7) is 7.03. The number of nitrogens with zero attached hydrogens (tertiary/aromatic N) is 3. The number of nitriles is 1. The van der Waals surface area contributed by atoms with Crippen molar-refractivity contribution in [2.24, 2.45) is 0 Å². The maximum atomic E-state index is 12.4. The Morgan fingerprint density at radius 2 is 2.26 bits per heavy atom. The van der Waals surface area contributed by atoms with Crippen LogP contribution < -0.4 is 5.32 Å². The third kappa shape index (κ3) is 4.25. The maximum absolute atomic E-state index is 12.4. The Bertz CT molecular complexity index is 465. The van der Waals surface area contributed by atoms with E-state index in [-0.39, 0.29) is 11.9 Å². The minimum absolute atomic E-state index is 0.0467. The van der Waals surface area contributed by atoms with E-state index < -0.39 is 0 Å². The Labute approximate surface area is 114 Å². The Morgan fingerprint density at radius 3 is 2.84 bits per heavy atom. The zero-order chi connectivity index (χ0) is 14.3. The number of hydrogen-bond acceptors (Lipinski definition) is 4. The van der Waals surface area contributed by atoms with Crippen LogP contribution in [0.5, 0.6) is 0 Å². The number of carbonyl (C=O) groups is 1. The molecule has 102 valence electrons. The highest BCUT2D eigenvalue weighted by atomic mass is 16.2. The molecule has 1 amide bonds. The normalized spacial score (nSPS) is 10.1. The minimum atomic E-state index is -0.134. The van der Waals surface area contributed by atoms with Gasteiger partial charge >= 0.3 is 0 Å². The van der Waals surface area contributed by atoms with Crippen molar-refractivity contribution < 1.29 is 4.79 Å². The van der Waals surface area contributed by atoms with Crippen molar-refractivity contribution in [1.82, 2.24) is 9.88 Å². The van der Waals surface area contributed by atoms with Crippen LogP contribution in [0.3, 0.4) is 0 Å². The van der Waals surface area contributed by atoms with Gasteiger partial charge in [0.1, 0.15) is 11.5 Å². The summed E-state index contributed by atoms with van der Waals surface area (Å²) in [5.41, 5.74) is 0.407. The predicted octanol–water partition coefficient (Wildman–Crippen LogP) is 2.28. The zero-order valence-electron chi connectivity index (χ0n) is 11.7. The molecule has 1 N–H and O–H groups in total. The summed E-state index contributed by atoms with van der Waals surface area (Å²) in [5.74, 6) is 0.558. The topological polar surface area (TPSA) is 69.0 Å². The lowest BCUT2D eigenvalue weighted by Crippen LogP contribution is -2.38. The Kier molecular flexibility index (Phi) is 5.80. The van der Waals surface area contributed by atoms with Crippen molar-refractivity contribution in [2.45, 2.75) is 33.2 Å². The molecular weight excluding hydrogens is 240 g/mol. The third-order valence-corrected chi connectivity index (χ3v) is 2.67. The number of amides is 1. The summed E-state index contributed by atoms with van der Waals surface area (Å²) < 4.78 is 0. The van der Waals surface area contributed by atoms with E-state index in [4.69, 9.17) is 5.26 Å². The number of rotatable bonds is 6. The maximum Gasteiger partial charge on any atom is 0.272 e. The van der Waals surface area contributed by atoms with Gasteiger partial charge < -0.3 is 10.2 Å². The molecule has 1 aromatic rings. The van der Waals surface area contributed by atoms with Gasteiger partial charge in [0.2, 0.25) is 0 Å². The van der Waals surface area contributed by atoms with Gasteiger partial charge in [-0.25, -0.2) is 4.98 Å². The monoisotopic (exact) mass is 260 g/mol. The Balaban J connectivity index is 2.89. The molecule has 5 nitrogen and oxygen atoms in total. The minimum Gasteiger partial charge on any atom is -0.370 e. The van der Waals surface area contributed by atoms with Crippen molar-refractivity contribution in [3.8, 4) is 6.07 Å². The lowest BCUT2D eigenvalue weighted by Gasteiger charge is -2.25. The standard InChI is InChI=1S/C14H20N4O/c1-4-16-13-8-5-7-12(17-13)14(19)18(11(2)3)10-6-9-15/h5,7-8,11H,4,6,10H2,1-3H3,(H,16,17). The summed E-state index contributed by atoms with van der Waals surface area (Å²) in [6, 6.07) is 7.45. The number of pyridine rings is 1. The van der Waals surface area contributed by atoms with E-state index in [9.17, 15) is 4.79 Å². The smallest absolute Gasteiger partial charge is 0.272 e. The highest BCUT2D eigenvalue weighted by Crippen LogP contribution is 2.10. The number of aromatic nitrogens is 1. The molecule has 0 aliphatic heterocycles. The molecule has 19 heavy (non-hydrogen) atoms. The number of hydrogen-bond donors (Lipinski definition) is 1. The fraction of sp³-hybridized carbons (Fsp3) is 0.500. The molecular formula is C14H20N4O. The average Bonchev–Trinajstić information content (AvgIpc) is 2.39. The van der Waals surface area contributed by atoms with Gasteiger partial charge in [-0.15, -0.1) is 0 Å². The van der Waals surface area contributed by atoms with Gasteiger partial charge in [0.05, 0.1) is 12.5 Å². The van der Waals surface area contributed by atoms with E-state index in [1.54, 1.807) is 17.0 Å². The second-order valence-electron chi connectivity index (χ2n) is 4.44. The third-order valence-electron chi connectivity index (χ3n) is 2.67. The predicted molar refractivity (Wildman–Crippen MR) is 74.8 cm³/mol. The largest absolute Gasteiger partial charge is 0.370 e. The van der Waals surface area contributed by atoms with Gasteiger partial charge in [-0.05, 0) is 32.9 Å². The van der Waals surface area contributed by atoms with Crippen LogP contribution in [0.4, 0.5) is 5.82 Å². The lowest BCUT2D eigenvalue weighted by molar-refractivity contribution is 0.0704. The van der Waals surface area contributed by atoms with Crippen LogP contribution in [-0.2, 0) is 0 Å². The van der Waals surface area contributed by atoms with E-state index in [1.807, 2.05) is 26.8 Å². The van der Waals surface area contributed by atoms with Gasteiger partial charge in [0, 0.05) is 19.1 Å². The van der Waals surface area contributed by atoms with Crippen LogP contribution in [0, 0.1) is 11.3 Å². The molecule has 0 bridgehead atoms. The second kappa shape index (κ2) is 7.37. The highest BCUT2D eigenvalue weighted by molar-refractivity contribution is 5.92. The second-order valence-corrected chi connectivity index (χ2v) is 4.44. The number of carbonyl (C=O) groups excluding carboxylic acids is 1. The van der Waals surface area contributed by atoms with Crippen LogP contribution in [0.15, 0.2) is 18.2 Å². The Morgan fingerprint density at radius 1 is 1.53 bits per heavy atom. The molecule has 0 saturated carbocycles. The number of nitrogens with one attached hydrogen (secondary N) is 1. The molecule has 1 heterocycles. The Hall–Kier alpha value is -2.09. The van der Waals surface area contributed by atoms with E-state index in [0.29, 0.717) is 24.5 Å². The SMILES string of the molecule is CCNc1cccc(C(=O)N(CCC#N)C(C)C)n1. The van der Waals surface area contributed by atoms with Gasteiger partial charge in [-0.2, -0.15) is 5.26 Å².